The molecule has 1 aromatic rings. The van der Waals surface area contributed by atoms with Crippen LogP contribution in [0.15, 0.2) is 17.2 Å². The molecule has 0 aliphatic rings. The molecular weight excluding hydrogens is 393 g/mol. The van der Waals surface area contributed by atoms with Gasteiger partial charge in [-0.25, -0.2) is 4.79 Å². The number of nitrogens with one attached hydrogen (secondary N) is 1. The number of non-ortho nitro benzene ring substituents is 1. The van der Waals surface area contributed by atoms with Gasteiger partial charge in [0, 0.05) is 15.7 Å². The second-order valence-electron chi connectivity index (χ2n) is 3.39. The first-order chi connectivity index (χ1) is 9.94. The van der Waals surface area contributed by atoms with Gasteiger partial charge >= 0.3 is 5.97 Å². The highest BCUT2D eigenvalue weighted by molar-refractivity contribution is 14.1. The Morgan fingerprint density at radius 1 is 1.48 bits per heavy atom. The summed E-state index contributed by atoms with van der Waals surface area (Å²) in [4.78, 5) is 21.8. The molecule has 1 aromatic carbocycles. The van der Waals surface area contributed by atoms with E-state index in [9.17, 15) is 14.9 Å². The third kappa shape index (κ3) is 3.87. The molecule has 0 unspecified atom stereocenters. The second-order valence-corrected chi connectivity index (χ2v) is 4.56. The van der Waals surface area contributed by atoms with Crippen LogP contribution in [-0.4, -0.2) is 23.7 Å². The lowest BCUT2D eigenvalue weighted by Gasteiger charge is -2.09. The number of anilines is 1. The summed E-state index contributed by atoms with van der Waals surface area (Å²) in [5.74, 6) is -0.815. The first kappa shape index (κ1) is 16.3. The average Bonchev–Trinajstić information content (AvgIpc) is 2.47. The number of rotatable bonds is 4. The summed E-state index contributed by atoms with van der Waals surface area (Å²) in [6, 6.07) is 5.30. The van der Waals surface area contributed by atoms with Crippen molar-refractivity contribution in [2.75, 3.05) is 12.5 Å². The van der Waals surface area contributed by atoms with Crippen molar-refractivity contribution in [1.82, 2.24) is 0 Å². The van der Waals surface area contributed by atoms with Gasteiger partial charge in [0.05, 0.1) is 23.3 Å². The first-order valence-electron chi connectivity index (χ1n) is 5.14. The molecule has 0 saturated heterocycles. The molecule has 0 amide bonds. The smallest absolute Gasteiger partial charge is 0.340 e. The van der Waals surface area contributed by atoms with Gasteiger partial charge in [0.15, 0.2) is 0 Å². The topological polar surface area (TPSA) is 141 Å². The third-order valence-electron chi connectivity index (χ3n) is 2.18. The fourth-order valence-corrected chi connectivity index (χ4v) is 2.00. The molecule has 0 aliphatic heterocycles. The maximum atomic E-state index is 11.7. The molecule has 0 aromatic heterocycles. The zero-order valence-corrected chi connectivity index (χ0v) is 12.6. The number of halogens is 1. The summed E-state index contributed by atoms with van der Waals surface area (Å²) in [5, 5.41) is 31.5. The first-order valence-corrected chi connectivity index (χ1v) is 6.22. The molecule has 0 radical (unpaired) electrons. The van der Waals surface area contributed by atoms with Gasteiger partial charge in [0.1, 0.15) is 12.1 Å². The van der Waals surface area contributed by atoms with Crippen molar-refractivity contribution in [1.29, 1.82) is 10.5 Å². The quantitative estimate of drug-likeness (QED) is 0.268. The highest BCUT2D eigenvalue weighted by Gasteiger charge is 2.20. The lowest BCUT2D eigenvalue weighted by atomic mass is 10.1. The summed E-state index contributed by atoms with van der Waals surface area (Å²) in [7, 11) is 1.12. The third-order valence-corrected chi connectivity index (χ3v) is 3.03. The Bertz CT molecular complexity index is 701. The number of hydrogen-bond acceptors (Lipinski definition) is 8. The Labute approximate surface area is 132 Å². The second kappa shape index (κ2) is 7.16. The number of nitriles is 2. The fraction of sp³-hybridized carbons (Fsp3) is 0.0909. The Kier molecular flexibility index (Phi) is 5.57. The molecule has 1 rings (SSSR count). The van der Waals surface area contributed by atoms with E-state index in [0.29, 0.717) is 3.57 Å². The van der Waals surface area contributed by atoms with Crippen LogP contribution in [0.4, 0.5) is 11.4 Å². The van der Waals surface area contributed by atoms with Crippen LogP contribution >= 0.6 is 22.6 Å². The SMILES string of the molecule is COC(=O)c1cc([N+](=O)[O-])cc(I)c1NN=C(C#N)C#N. The molecule has 10 heteroatoms. The lowest BCUT2D eigenvalue weighted by Crippen LogP contribution is -2.09. The van der Waals surface area contributed by atoms with E-state index in [1.54, 1.807) is 22.6 Å². The van der Waals surface area contributed by atoms with Crippen LogP contribution in [0.3, 0.4) is 0 Å². The maximum absolute atomic E-state index is 11.7. The van der Waals surface area contributed by atoms with Crippen molar-refractivity contribution >= 4 is 45.6 Å². The van der Waals surface area contributed by atoms with Crippen molar-refractivity contribution in [2.45, 2.75) is 0 Å². The van der Waals surface area contributed by atoms with E-state index in [4.69, 9.17) is 10.5 Å². The van der Waals surface area contributed by atoms with Gasteiger partial charge in [0.25, 0.3) is 5.69 Å². The minimum Gasteiger partial charge on any atom is -0.465 e. The molecule has 0 bridgehead atoms. The van der Waals surface area contributed by atoms with Crippen LogP contribution in [0.2, 0.25) is 0 Å². The summed E-state index contributed by atoms with van der Waals surface area (Å²) in [6.07, 6.45) is 0. The van der Waals surface area contributed by atoms with Crippen LogP contribution in [0.25, 0.3) is 0 Å². The van der Waals surface area contributed by atoms with E-state index in [0.717, 1.165) is 13.2 Å². The summed E-state index contributed by atoms with van der Waals surface area (Å²) in [6.45, 7) is 0. The predicted octanol–water partition coefficient (Wildman–Crippen LogP) is 1.80. The Hall–Kier alpha value is -2.73. The summed E-state index contributed by atoms with van der Waals surface area (Å²) < 4.78 is 4.85. The Balaban J connectivity index is 3.41. The van der Waals surface area contributed by atoms with Gasteiger partial charge in [0.2, 0.25) is 5.71 Å². The standard InChI is InChI=1S/C11H6IN5O4/c1-21-11(18)8-2-7(17(19)20)3-9(12)10(8)16-15-6(4-13)5-14/h2-3,16H,1H3. The number of esters is 1. The molecule has 9 nitrogen and oxygen atoms in total. The zero-order chi connectivity index (χ0) is 16.0. The Morgan fingerprint density at radius 2 is 2.10 bits per heavy atom. The van der Waals surface area contributed by atoms with Gasteiger partial charge in [-0.3, -0.25) is 15.5 Å². The normalized spacial score (nSPS) is 8.95. The summed E-state index contributed by atoms with van der Waals surface area (Å²) >= 11 is 1.76. The van der Waals surface area contributed by atoms with E-state index >= 15 is 0 Å². The van der Waals surface area contributed by atoms with Crippen LogP contribution in [-0.2, 0) is 4.74 Å². The Morgan fingerprint density at radius 3 is 2.57 bits per heavy atom. The van der Waals surface area contributed by atoms with E-state index < -0.39 is 16.6 Å². The van der Waals surface area contributed by atoms with Crippen molar-refractivity contribution in [3.63, 3.8) is 0 Å². The van der Waals surface area contributed by atoms with Crippen molar-refractivity contribution < 1.29 is 14.5 Å². The van der Waals surface area contributed by atoms with Gasteiger partial charge in [-0.15, -0.1) is 0 Å². The molecule has 106 valence electrons. The van der Waals surface area contributed by atoms with Crippen molar-refractivity contribution in [2.24, 2.45) is 5.10 Å². The number of carbonyl (C=O) groups is 1. The van der Waals surface area contributed by atoms with Crippen molar-refractivity contribution in [3.8, 4) is 12.1 Å². The predicted molar refractivity (Wildman–Crippen MR) is 79.4 cm³/mol. The highest BCUT2D eigenvalue weighted by atomic mass is 127. The number of benzene rings is 1. The van der Waals surface area contributed by atoms with Crippen LogP contribution < -0.4 is 5.43 Å². The van der Waals surface area contributed by atoms with E-state index in [-0.39, 0.29) is 16.9 Å². The van der Waals surface area contributed by atoms with E-state index in [1.165, 1.54) is 18.2 Å². The molecule has 0 atom stereocenters. The number of ether oxygens (including phenoxy) is 1. The van der Waals surface area contributed by atoms with E-state index in [2.05, 4.69) is 15.3 Å². The number of methoxy groups -OCH3 is 1. The van der Waals surface area contributed by atoms with Gasteiger partial charge in [-0.05, 0) is 22.6 Å². The molecule has 0 spiro atoms. The number of nitrogens with zero attached hydrogens (tertiary/aromatic N) is 4. The molecule has 0 saturated carbocycles. The average molecular weight is 399 g/mol. The molecule has 0 fully saturated rings. The number of nitro groups is 1. The molecule has 1 N–H and O–H groups in total. The molecule has 0 aliphatic carbocycles. The zero-order valence-electron chi connectivity index (χ0n) is 10.5. The van der Waals surface area contributed by atoms with Crippen LogP contribution in [0.1, 0.15) is 10.4 Å². The van der Waals surface area contributed by atoms with Gasteiger partial charge < -0.3 is 4.74 Å². The van der Waals surface area contributed by atoms with Gasteiger partial charge in [-0.1, -0.05) is 0 Å². The molecular formula is C11H6IN5O4. The monoisotopic (exact) mass is 399 g/mol. The number of nitro benzene ring substituents is 1. The van der Waals surface area contributed by atoms with Crippen LogP contribution in [0.5, 0.6) is 0 Å². The van der Waals surface area contributed by atoms with Crippen LogP contribution in [0, 0.1) is 36.3 Å². The lowest BCUT2D eigenvalue weighted by molar-refractivity contribution is -0.385. The molecule has 0 heterocycles. The van der Waals surface area contributed by atoms with Gasteiger partial charge in [-0.2, -0.15) is 15.6 Å². The molecule has 21 heavy (non-hydrogen) atoms. The number of hydrazone groups is 1. The number of hydrogen-bond donors (Lipinski definition) is 1. The summed E-state index contributed by atoms with van der Waals surface area (Å²) in [5.41, 5.74) is 1.60. The maximum Gasteiger partial charge on any atom is 0.340 e. The minimum atomic E-state index is -0.815. The minimum absolute atomic E-state index is 0.107. The van der Waals surface area contributed by atoms with E-state index in [1.807, 2.05) is 0 Å². The fourth-order valence-electron chi connectivity index (χ4n) is 1.27. The highest BCUT2D eigenvalue weighted by Crippen LogP contribution is 2.29. The largest absolute Gasteiger partial charge is 0.465 e. The number of carbonyl (C=O) groups excluding carboxylic acids is 1. The van der Waals surface area contributed by atoms with Crippen molar-refractivity contribution in [3.05, 3.63) is 31.4 Å².